The molecule has 1 fully saturated rings. The molecule has 0 radical (unpaired) electrons. The van der Waals surface area contributed by atoms with Crippen LogP contribution in [0.3, 0.4) is 0 Å². The maximum atomic E-state index is 2.67. The molecule has 1 saturated heterocycles. The van der Waals surface area contributed by atoms with Crippen molar-refractivity contribution in [2.45, 2.75) is 59.3 Å². The SMILES string of the molecule is CCCCCN1CCC(CC(C)C)CC1. The molecule has 0 spiro atoms. The Hall–Kier alpha value is -0.0400. The molecule has 0 bridgehead atoms. The lowest BCUT2D eigenvalue weighted by Gasteiger charge is -2.32. The van der Waals surface area contributed by atoms with Gasteiger partial charge in [0.1, 0.15) is 0 Å². The van der Waals surface area contributed by atoms with Crippen LogP contribution in [0, 0.1) is 11.8 Å². The van der Waals surface area contributed by atoms with E-state index >= 15 is 0 Å². The van der Waals surface area contributed by atoms with Crippen LogP contribution < -0.4 is 0 Å². The van der Waals surface area contributed by atoms with Crippen LogP contribution >= 0.6 is 0 Å². The standard InChI is InChI=1S/C14H29N/c1-4-5-6-9-15-10-7-14(8-11-15)12-13(2)3/h13-14H,4-12H2,1-3H3. The average molecular weight is 211 g/mol. The third-order valence-electron chi connectivity index (χ3n) is 3.59. The molecule has 0 amide bonds. The second kappa shape index (κ2) is 7.27. The van der Waals surface area contributed by atoms with E-state index in [1.807, 2.05) is 0 Å². The van der Waals surface area contributed by atoms with E-state index in [-0.39, 0.29) is 0 Å². The first-order valence-corrected chi connectivity index (χ1v) is 6.94. The quantitative estimate of drug-likeness (QED) is 0.602. The number of hydrogen-bond acceptors (Lipinski definition) is 1. The fraction of sp³-hybridized carbons (Fsp3) is 1.00. The van der Waals surface area contributed by atoms with Crippen LogP contribution in [-0.2, 0) is 0 Å². The van der Waals surface area contributed by atoms with E-state index in [0.29, 0.717) is 0 Å². The summed E-state index contributed by atoms with van der Waals surface area (Å²) in [5.74, 6) is 1.91. The number of piperidine rings is 1. The summed E-state index contributed by atoms with van der Waals surface area (Å²) in [5, 5.41) is 0. The van der Waals surface area contributed by atoms with Crippen molar-refractivity contribution in [2.75, 3.05) is 19.6 Å². The van der Waals surface area contributed by atoms with Gasteiger partial charge in [-0.2, -0.15) is 0 Å². The number of hydrogen-bond donors (Lipinski definition) is 0. The molecule has 0 unspecified atom stereocenters. The minimum Gasteiger partial charge on any atom is -0.303 e. The highest BCUT2D eigenvalue weighted by Crippen LogP contribution is 2.24. The number of likely N-dealkylation sites (tertiary alicyclic amines) is 1. The molecule has 0 aromatic rings. The molecule has 0 aromatic carbocycles. The largest absolute Gasteiger partial charge is 0.303 e. The Morgan fingerprint density at radius 3 is 2.33 bits per heavy atom. The molecule has 1 aliphatic rings. The van der Waals surface area contributed by atoms with E-state index < -0.39 is 0 Å². The van der Waals surface area contributed by atoms with Crippen molar-refractivity contribution < 1.29 is 0 Å². The van der Waals surface area contributed by atoms with Crippen LogP contribution in [0.5, 0.6) is 0 Å². The summed E-state index contributed by atoms with van der Waals surface area (Å²) in [4.78, 5) is 2.67. The maximum absolute atomic E-state index is 2.67. The van der Waals surface area contributed by atoms with E-state index in [1.165, 1.54) is 58.2 Å². The third kappa shape index (κ3) is 5.55. The first kappa shape index (κ1) is 13.0. The van der Waals surface area contributed by atoms with Crippen LogP contribution in [0.15, 0.2) is 0 Å². The number of rotatable bonds is 6. The smallest absolute Gasteiger partial charge is 0.00161 e. The molecule has 1 heteroatoms. The minimum absolute atomic E-state index is 0.890. The van der Waals surface area contributed by atoms with Gasteiger partial charge >= 0.3 is 0 Å². The Morgan fingerprint density at radius 2 is 1.80 bits per heavy atom. The zero-order valence-electron chi connectivity index (χ0n) is 11.0. The van der Waals surface area contributed by atoms with Crippen molar-refractivity contribution in [1.29, 1.82) is 0 Å². The van der Waals surface area contributed by atoms with Gasteiger partial charge in [0.25, 0.3) is 0 Å². The zero-order chi connectivity index (χ0) is 11.1. The Labute approximate surface area is 96.2 Å². The lowest BCUT2D eigenvalue weighted by atomic mass is 9.88. The zero-order valence-corrected chi connectivity index (χ0v) is 11.0. The van der Waals surface area contributed by atoms with Gasteiger partial charge in [0.2, 0.25) is 0 Å². The normalized spacial score (nSPS) is 20.0. The lowest BCUT2D eigenvalue weighted by molar-refractivity contribution is 0.168. The molecular formula is C14H29N. The second-order valence-electron chi connectivity index (χ2n) is 5.62. The fourth-order valence-corrected chi connectivity index (χ4v) is 2.70. The monoisotopic (exact) mass is 211 g/mol. The summed E-state index contributed by atoms with van der Waals surface area (Å²) >= 11 is 0. The van der Waals surface area contributed by atoms with E-state index in [2.05, 4.69) is 25.7 Å². The van der Waals surface area contributed by atoms with E-state index in [4.69, 9.17) is 0 Å². The molecule has 1 heterocycles. The van der Waals surface area contributed by atoms with Gasteiger partial charge in [0.05, 0.1) is 0 Å². The lowest BCUT2D eigenvalue weighted by Crippen LogP contribution is -2.34. The van der Waals surface area contributed by atoms with Gasteiger partial charge in [-0.05, 0) is 57.2 Å². The van der Waals surface area contributed by atoms with Gasteiger partial charge in [-0.25, -0.2) is 0 Å². The average Bonchev–Trinajstić information content (AvgIpc) is 2.20. The topological polar surface area (TPSA) is 3.24 Å². The number of unbranched alkanes of at least 4 members (excludes halogenated alkanes) is 2. The molecule has 1 rings (SSSR count). The fourth-order valence-electron chi connectivity index (χ4n) is 2.70. The second-order valence-corrected chi connectivity index (χ2v) is 5.62. The highest BCUT2D eigenvalue weighted by Gasteiger charge is 2.19. The molecule has 1 aliphatic heterocycles. The maximum Gasteiger partial charge on any atom is -0.00161 e. The van der Waals surface area contributed by atoms with Crippen molar-refractivity contribution in [1.82, 2.24) is 4.90 Å². The number of nitrogens with zero attached hydrogens (tertiary/aromatic N) is 1. The van der Waals surface area contributed by atoms with Crippen molar-refractivity contribution in [2.24, 2.45) is 11.8 Å². The Balaban J connectivity index is 2.07. The van der Waals surface area contributed by atoms with E-state index in [1.54, 1.807) is 0 Å². The van der Waals surface area contributed by atoms with E-state index in [9.17, 15) is 0 Å². The van der Waals surface area contributed by atoms with Crippen LogP contribution in [0.2, 0.25) is 0 Å². The van der Waals surface area contributed by atoms with Crippen molar-refractivity contribution in [3.63, 3.8) is 0 Å². The van der Waals surface area contributed by atoms with Gasteiger partial charge in [0, 0.05) is 0 Å². The molecule has 90 valence electrons. The highest BCUT2D eigenvalue weighted by molar-refractivity contribution is 4.73. The third-order valence-corrected chi connectivity index (χ3v) is 3.59. The molecule has 0 aliphatic carbocycles. The van der Waals surface area contributed by atoms with Crippen molar-refractivity contribution >= 4 is 0 Å². The summed E-state index contributed by atoms with van der Waals surface area (Å²) < 4.78 is 0. The first-order valence-electron chi connectivity index (χ1n) is 6.94. The summed E-state index contributed by atoms with van der Waals surface area (Å²) in [6.45, 7) is 11.1. The van der Waals surface area contributed by atoms with Crippen molar-refractivity contribution in [3.05, 3.63) is 0 Å². The molecular weight excluding hydrogens is 182 g/mol. The van der Waals surface area contributed by atoms with Gasteiger partial charge in [-0.15, -0.1) is 0 Å². The summed E-state index contributed by atoms with van der Waals surface area (Å²) in [6, 6.07) is 0. The Kier molecular flexibility index (Phi) is 6.31. The van der Waals surface area contributed by atoms with Crippen molar-refractivity contribution in [3.8, 4) is 0 Å². The molecule has 0 saturated carbocycles. The summed E-state index contributed by atoms with van der Waals surface area (Å²) in [6.07, 6.45) is 8.51. The van der Waals surface area contributed by atoms with Gasteiger partial charge in [0.15, 0.2) is 0 Å². The molecule has 15 heavy (non-hydrogen) atoms. The minimum atomic E-state index is 0.890. The van der Waals surface area contributed by atoms with E-state index in [0.717, 1.165) is 11.8 Å². The summed E-state index contributed by atoms with van der Waals surface area (Å²) in [5.41, 5.74) is 0. The highest BCUT2D eigenvalue weighted by atomic mass is 15.1. The predicted octanol–water partition coefficient (Wildman–Crippen LogP) is 3.93. The Bertz CT molecular complexity index is 145. The first-order chi connectivity index (χ1) is 7.22. The summed E-state index contributed by atoms with van der Waals surface area (Å²) in [7, 11) is 0. The molecule has 0 aromatic heterocycles. The van der Waals surface area contributed by atoms with Crippen LogP contribution in [0.25, 0.3) is 0 Å². The van der Waals surface area contributed by atoms with Crippen LogP contribution in [-0.4, -0.2) is 24.5 Å². The van der Waals surface area contributed by atoms with Gasteiger partial charge in [-0.3, -0.25) is 0 Å². The van der Waals surface area contributed by atoms with Gasteiger partial charge in [-0.1, -0.05) is 33.6 Å². The van der Waals surface area contributed by atoms with Gasteiger partial charge < -0.3 is 4.90 Å². The van der Waals surface area contributed by atoms with Crippen LogP contribution in [0.4, 0.5) is 0 Å². The molecule has 0 N–H and O–H groups in total. The predicted molar refractivity (Wildman–Crippen MR) is 68.1 cm³/mol. The van der Waals surface area contributed by atoms with Crippen LogP contribution in [0.1, 0.15) is 59.3 Å². The molecule has 0 atom stereocenters. The Morgan fingerprint density at radius 1 is 1.13 bits per heavy atom. The molecule has 1 nitrogen and oxygen atoms in total.